The zero-order chi connectivity index (χ0) is 15.2. The molecule has 0 unspecified atom stereocenters. The smallest absolute Gasteiger partial charge is 0.377 e. The molecule has 112 valence electrons. The topological polar surface area (TPSA) is 50.9 Å². The highest BCUT2D eigenvalue weighted by Crippen LogP contribution is 2.40. The van der Waals surface area contributed by atoms with Gasteiger partial charge in [0.25, 0.3) is 0 Å². The highest BCUT2D eigenvalue weighted by atomic mass is 35.5. The number of rotatable bonds is 3. The Balaban J connectivity index is 2.09. The van der Waals surface area contributed by atoms with Crippen molar-refractivity contribution in [2.45, 2.75) is 31.0 Å². The molecule has 0 amide bonds. The van der Waals surface area contributed by atoms with Crippen LogP contribution in [0.1, 0.15) is 36.5 Å². The van der Waals surface area contributed by atoms with E-state index in [0.29, 0.717) is 16.5 Å². The molecule has 1 aromatic carbocycles. The van der Waals surface area contributed by atoms with Crippen LogP contribution in [0.4, 0.5) is 13.2 Å². The van der Waals surface area contributed by atoms with Gasteiger partial charge in [0.05, 0.1) is 5.69 Å². The van der Waals surface area contributed by atoms with Gasteiger partial charge in [-0.25, -0.2) is 9.67 Å². The highest BCUT2D eigenvalue weighted by molar-refractivity contribution is 6.30. The molecule has 1 saturated carbocycles. The summed E-state index contributed by atoms with van der Waals surface area (Å²) in [5.41, 5.74) is 0.334. The van der Waals surface area contributed by atoms with Crippen LogP contribution < -0.4 is 0 Å². The zero-order valence-corrected chi connectivity index (χ0v) is 11.4. The minimum Gasteiger partial charge on any atom is -0.377 e. The summed E-state index contributed by atoms with van der Waals surface area (Å²) in [6.45, 7) is 0. The fourth-order valence-electron chi connectivity index (χ4n) is 1.98. The predicted octanol–water partition coefficient (Wildman–Crippen LogP) is 3.39. The number of hydrogen-bond donors (Lipinski definition) is 1. The first-order valence-corrected chi connectivity index (χ1v) is 6.71. The molecule has 2 aromatic rings. The highest BCUT2D eigenvalue weighted by Gasteiger charge is 2.44. The third-order valence-corrected chi connectivity index (χ3v) is 3.43. The van der Waals surface area contributed by atoms with Gasteiger partial charge in [-0.3, -0.25) is 0 Å². The van der Waals surface area contributed by atoms with Gasteiger partial charge in [-0.2, -0.15) is 18.3 Å². The van der Waals surface area contributed by atoms with Gasteiger partial charge in [0, 0.05) is 10.9 Å². The molecule has 3 rings (SSSR count). The van der Waals surface area contributed by atoms with Gasteiger partial charge in [0.2, 0.25) is 6.10 Å². The van der Waals surface area contributed by atoms with Gasteiger partial charge in [-0.15, -0.1) is 0 Å². The summed E-state index contributed by atoms with van der Waals surface area (Å²) >= 11 is 5.85. The summed E-state index contributed by atoms with van der Waals surface area (Å²) < 4.78 is 39.3. The first kappa shape index (κ1) is 14.3. The van der Waals surface area contributed by atoms with Crippen LogP contribution in [0.5, 0.6) is 0 Å². The Morgan fingerprint density at radius 1 is 1.33 bits per heavy atom. The van der Waals surface area contributed by atoms with Crippen LogP contribution in [0.3, 0.4) is 0 Å². The second-order valence-corrected chi connectivity index (χ2v) is 5.37. The number of hydrogen-bond acceptors (Lipinski definition) is 3. The number of alkyl halides is 3. The second kappa shape index (κ2) is 4.99. The third-order valence-electron chi connectivity index (χ3n) is 3.20. The SMILES string of the molecule is O[C@@H](c1nc(C2CC2)nn1-c1cccc(Cl)c1)C(F)(F)F. The molecule has 21 heavy (non-hydrogen) atoms. The molecule has 1 N–H and O–H groups in total. The molecular weight excluding hydrogens is 307 g/mol. The van der Waals surface area contributed by atoms with E-state index in [0.717, 1.165) is 17.5 Å². The molecule has 1 aromatic heterocycles. The average Bonchev–Trinajstić information content (AvgIpc) is 3.16. The normalized spacial score (nSPS) is 17.0. The van der Waals surface area contributed by atoms with Gasteiger partial charge in [0.1, 0.15) is 0 Å². The lowest BCUT2D eigenvalue weighted by Gasteiger charge is -2.14. The first-order chi connectivity index (χ1) is 9.86. The van der Waals surface area contributed by atoms with E-state index < -0.39 is 18.1 Å². The van der Waals surface area contributed by atoms with Gasteiger partial charge in [-0.1, -0.05) is 17.7 Å². The Hall–Kier alpha value is -1.60. The minimum absolute atomic E-state index is 0.0737. The maximum absolute atomic E-state index is 12.8. The van der Waals surface area contributed by atoms with Crippen LogP contribution in [-0.2, 0) is 0 Å². The summed E-state index contributed by atoms with van der Waals surface area (Å²) in [7, 11) is 0. The summed E-state index contributed by atoms with van der Waals surface area (Å²) in [5.74, 6) is -0.135. The monoisotopic (exact) mass is 317 g/mol. The van der Waals surface area contributed by atoms with E-state index in [1.807, 2.05) is 0 Å². The van der Waals surface area contributed by atoms with Crippen LogP contribution in [-0.4, -0.2) is 26.0 Å². The van der Waals surface area contributed by atoms with E-state index >= 15 is 0 Å². The largest absolute Gasteiger partial charge is 0.421 e. The lowest BCUT2D eigenvalue weighted by Crippen LogP contribution is -2.23. The van der Waals surface area contributed by atoms with Crippen LogP contribution in [0.25, 0.3) is 5.69 Å². The second-order valence-electron chi connectivity index (χ2n) is 4.94. The van der Waals surface area contributed by atoms with Crippen LogP contribution in [0, 0.1) is 0 Å². The molecule has 1 heterocycles. The molecule has 0 saturated heterocycles. The van der Waals surface area contributed by atoms with Crippen LogP contribution in [0.15, 0.2) is 24.3 Å². The molecule has 1 aliphatic carbocycles. The Bertz CT molecular complexity index is 667. The summed E-state index contributed by atoms with van der Waals surface area (Å²) in [4.78, 5) is 3.88. The van der Waals surface area contributed by atoms with Crippen molar-refractivity contribution in [3.8, 4) is 5.69 Å². The van der Waals surface area contributed by atoms with Crippen molar-refractivity contribution in [2.75, 3.05) is 0 Å². The van der Waals surface area contributed by atoms with Crippen molar-refractivity contribution in [1.29, 1.82) is 0 Å². The molecule has 0 radical (unpaired) electrons. The van der Waals surface area contributed by atoms with Crippen molar-refractivity contribution >= 4 is 11.6 Å². The van der Waals surface area contributed by atoms with Crippen molar-refractivity contribution < 1.29 is 18.3 Å². The van der Waals surface area contributed by atoms with E-state index in [-0.39, 0.29) is 5.92 Å². The van der Waals surface area contributed by atoms with Gasteiger partial charge in [-0.05, 0) is 31.0 Å². The Labute approximate surface area is 123 Å². The Kier molecular flexibility index (Phi) is 3.41. The van der Waals surface area contributed by atoms with Crippen LogP contribution >= 0.6 is 11.6 Å². The van der Waals surface area contributed by atoms with Gasteiger partial charge < -0.3 is 5.11 Å². The third kappa shape index (κ3) is 2.89. The quantitative estimate of drug-likeness (QED) is 0.944. The molecule has 1 fully saturated rings. The van der Waals surface area contributed by atoms with Gasteiger partial charge >= 0.3 is 6.18 Å². The number of nitrogens with zero attached hydrogens (tertiary/aromatic N) is 3. The van der Waals surface area contributed by atoms with Crippen molar-refractivity contribution in [3.63, 3.8) is 0 Å². The number of aromatic nitrogens is 3. The molecule has 0 bridgehead atoms. The number of aliphatic hydroxyl groups is 1. The van der Waals surface area contributed by atoms with Crippen molar-refractivity contribution in [2.24, 2.45) is 0 Å². The maximum Gasteiger partial charge on any atom is 0.421 e. The van der Waals surface area contributed by atoms with E-state index in [2.05, 4.69) is 10.1 Å². The first-order valence-electron chi connectivity index (χ1n) is 6.34. The van der Waals surface area contributed by atoms with E-state index in [9.17, 15) is 18.3 Å². The molecule has 8 heteroatoms. The summed E-state index contributed by atoms with van der Waals surface area (Å²) in [6, 6.07) is 6.23. The molecule has 0 aliphatic heterocycles. The molecule has 0 spiro atoms. The minimum atomic E-state index is -4.80. The number of aliphatic hydroxyl groups excluding tert-OH is 1. The van der Waals surface area contributed by atoms with Crippen molar-refractivity contribution in [3.05, 3.63) is 40.9 Å². The molecule has 4 nitrogen and oxygen atoms in total. The van der Waals surface area contributed by atoms with Crippen LogP contribution in [0.2, 0.25) is 5.02 Å². The lowest BCUT2D eigenvalue weighted by atomic mass is 10.3. The standard InChI is InChI=1S/C13H11ClF3N3O/c14-8-2-1-3-9(6-8)20-12(10(21)13(15,16)17)18-11(19-20)7-4-5-7/h1-3,6-7,10,21H,4-5H2/t10-/m0/s1. The Morgan fingerprint density at radius 3 is 2.62 bits per heavy atom. The number of benzene rings is 1. The zero-order valence-electron chi connectivity index (χ0n) is 10.7. The maximum atomic E-state index is 12.8. The Morgan fingerprint density at radius 2 is 2.05 bits per heavy atom. The molecular formula is C13H11ClF3N3O. The summed E-state index contributed by atoms with van der Waals surface area (Å²) in [6.07, 6.45) is -5.79. The average molecular weight is 318 g/mol. The van der Waals surface area contributed by atoms with E-state index in [4.69, 9.17) is 11.6 Å². The van der Waals surface area contributed by atoms with Gasteiger partial charge in [0.15, 0.2) is 11.6 Å². The lowest BCUT2D eigenvalue weighted by molar-refractivity contribution is -0.209. The fourth-order valence-corrected chi connectivity index (χ4v) is 2.16. The number of halogens is 4. The molecule has 1 atom stereocenters. The summed E-state index contributed by atoms with van der Waals surface area (Å²) in [5, 5.41) is 14.0. The van der Waals surface area contributed by atoms with E-state index in [1.165, 1.54) is 6.07 Å². The fraction of sp³-hybridized carbons (Fsp3) is 0.385. The van der Waals surface area contributed by atoms with Crippen molar-refractivity contribution in [1.82, 2.24) is 14.8 Å². The van der Waals surface area contributed by atoms with E-state index in [1.54, 1.807) is 18.2 Å². The molecule has 1 aliphatic rings. The predicted molar refractivity (Wildman–Crippen MR) is 69.4 cm³/mol.